The molecule has 0 fully saturated rings. The predicted octanol–water partition coefficient (Wildman–Crippen LogP) is 1.26. The number of nitrogens with zero attached hydrogens (tertiary/aromatic N) is 2. The summed E-state index contributed by atoms with van der Waals surface area (Å²) in [5.74, 6) is 0.707. The van der Waals surface area contributed by atoms with Crippen molar-refractivity contribution in [1.82, 2.24) is 9.97 Å². The van der Waals surface area contributed by atoms with Crippen LogP contribution in [-0.4, -0.2) is 44.6 Å². The number of hydrogen-bond acceptors (Lipinski definition) is 5. The van der Waals surface area contributed by atoms with Gasteiger partial charge in [0.1, 0.15) is 18.0 Å². The van der Waals surface area contributed by atoms with Gasteiger partial charge in [0.25, 0.3) is 10.0 Å². The van der Waals surface area contributed by atoms with Gasteiger partial charge in [0.05, 0.1) is 34.7 Å². The lowest BCUT2D eigenvalue weighted by Crippen LogP contribution is -2.46. The van der Waals surface area contributed by atoms with Gasteiger partial charge < -0.3 is 19.6 Å². The third-order valence-corrected chi connectivity index (χ3v) is 6.64. The van der Waals surface area contributed by atoms with Crippen molar-refractivity contribution >= 4 is 32.4 Å². The SMILES string of the molecule is O=c1[nH]c2ccc(S(=O)(=O)N3CCN4CCOc5cccc3c54)cc2[nH]1. The molecule has 3 aromatic rings. The summed E-state index contributed by atoms with van der Waals surface area (Å²) in [7, 11) is -3.77. The third kappa shape index (κ3) is 2.13. The summed E-state index contributed by atoms with van der Waals surface area (Å²) >= 11 is 0. The van der Waals surface area contributed by atoms with Crippen molar-refractivity contribution < 1.29 is 13.2 Å². The zero-order valence-electron chi connectivity index (χ0n) is 13.7. The molecule has 26 heavy (non-hydrogen) atoms. The Morgan fingerprint density at radius 2 is 1.85 bits per heavy atom. The Balaban J connectivity index is 1.65. The number of sulfonamides is 1. The highest BCUT2D eigenvalue weighted by atomic mass is 32.2. The minimum absolute atomic E-state index is 0.142. The van der Waals surface area contributed by atoms with E-state index in [-0.39, 0.29) is 10.6 Å². The van der Waals surface area contributed by atoms with Gasteiger partial charge in [-0.05, 0) is 30.3 Å². The molecular weight excluding hydrogens is 356 g/mol. The van der Waals surface area contributed by atoms with Crippen molar-refractivity contribution in [2.75, 3.05) is 35.4 Å². The molecule has 0 bridgehead atoms. The van der Waals surface area contributed by atoms with Crippen molar-refractivity contribution in [2.24, 2.45) is 0 Å². The van der Waals surface area contributed by atoms with Gasteiger partial charge in [-0.25, -0.2) is 13.2 Å². The van der Waals surface area contributed by atoms with Crippen molar-refractivity contribution in [3.8, 4) is 5.75 Å². The smallest absolute Gasteiger partial charge is 0.323 e. The van der Waals surface area contributed by atoms with Crippen LogP contribution in [0, 0.1) is 0 Å². The first-order valence-electron chi connectivity index (χ1n) is 8.29. The van der Waals surface area contributed by atoms with Crippen LogP contribution in [0.1, 0.15) is 0 Å². The number of rotatable bonds is 2. The monoisotopic (exact) mass is 372 g/mol. The highest BCUT2D eigenvalue weighted by Gasteiger charge is 2.35. The van der Waals surface area contributed by atoms with Crippen LogP contribution < -0.4 is 19.6 Å². The summed E-state index contributed by atoms with van der Waals surface area (Å²) in [5.41, 5.74) is 2.12. The number of benzene rings is 2. The van der Waals surface area contributed by atoms with Crippen molar-refractivity contribution in [2.45, 2.75) is 4.90 Å². The van der Waals surface area contributed by atoms with Gasteiger partial charge in [0, 0.05) is 6.54 Å². The molecule has 0 spiro atoms. The number of nitrogens with one attached hydrogen (secondary N) is 2. The largest absolute Gasteiger partial charge is 0.489 e. The minimum Gasteiger partial charge on any atom is -0.489 e. The van der Waals surface area contributed by atoms with Gasteiger partial charge in [-0.3, -0.25) is 4.31 Å². The average molecular weight is 372 g/mol. The fourth-order valence-corrected chi connectivity index (χ4v) is 5.12. The molecule has 0 saturated carbocycles. The van der Waals surface area contributed by atoms with Crippen molar-refractivity contribution in [3.63, 3.8) is 0 Å². The zero-order valence-corrected chi connectivity index (χ0v) is 14.5. The molecule has 0 radical (unpaired) electrons. The summed E-state index contributed by atoms with van der Waals surface area (Å²) in [6.45, 7) is 2.31. The molecule has 0 aliphatic carbocycles. The van der Waals surface area contributed by atoms with Crippen LogP contribution >= 0.6 is 0 Å². The van der Waals surface area contributed by atoms with E-state index in [1.165, 1.54) is 16.4 Å². The lowest BCUT2D eigenvalue weighted by atomic mass is 10.1. The van der Waals surface area contributed by atoms with Crippen LogP contribution in [0.25, 0.3) is 11.0 Å². The maximum atomic E-state index is 13.3. The van der Waals surface area contributed by atoms with Crippen LogP contribution in [-0.2, 0) is 10.0 Å². The van der Waals surface area contributed by atoms with E-state index >= 15 is 0 Å². The van der Waals surface area contributed by atoms with Gasteiger partial charge >= 0.3 is 5.69 Å². The zero-order chi connectivity index (χ0) is 17.9. The highest BCUT2D eigenvalue weighted by Crippen LogP contribution is 2.44. The fourth-order valence-electron chi connectivity index (χ4n) is 3.63. The predicted molar refractivity (Wildman–Crippen MR) is 97.6 cm³/mol. The second kappa shape index (κ2) is 5.28. The molecule has 0 amide bonds. The molecule has 0 saturated heterocycles. The van der Waals surface area contributed by atoms with E-state index in [0.717, 1.165) is 12.2 Å². The van der Waals surface area contributed by atoms with Gasteiger partial charge in [-0.15, -0.1) is 0 Å². The van der Waals surface area contributed by atoms with E-state index in [9.17, 15) is 13.2 Å². The van der Waals surface area contributed by atoms with Crippen LogP contribution in [0.4, 0.5) is 11.4 Å². The molecule has 0 atom stereocenters. The van der Waals surface area contributed by atoms with Gasteiger partial charge in [-0.1, -0.05) is 6.07 Å². The topological polar surface area (TPSA) is 98.5 Å². The lowest BCUT2D eigenvalue weighted by Gasteiger charge is -2.41. The number of ether oxygens (including phenoxy) is 1. The Bertz CT molecular complexity index is 1180. The second-order valence-corrected chi connectivity index (χ2v) is 8.19. The molecule has 2 aromatic carbocycles. The first-order chi connectivity index (χ1) is 12.5. The van der Waals surface area contributed by atoms with E-state index in [4.69, 9.17) is 4.74 Å². The van der Waals surface area contributed by atoms with Gasteiger partial charge in [-0.2, -0.15) is 0 Å². The maximum Gasteiger partial charge on any atom is 0.323 e. The van der Waals surface area contributed by atoms with Crippen molar-refractivity contribution in [1.29, 1.82) is 0 Å². The molecule has 0 unspecified atom stereocenters. The summed E-state index contributed by atoms with van der Waals surface area (Å²) in [5, 5.41) is 0. The molecule has 2 aliphatic heterocycles. The average Bonchev–Trinajstić information content (AvgIpc) is 3.01. The number of H-pyrrole nitrogens is 2. The second-order valence-electron chi connectivity index (χ2n) is 6.32. The Hall–Kier alpha value is -2.94. The normalized spacial score (nSPS) is 16.5. The Morgan fingerprint density at radius 3 is 2.73 bits per heavy atom. The summed E-state index contributed by atoms with van der Waals surface area (Å²) in [4.78, 5) is 19.0. The highest BCUT2D eigenvalue weighted by molar-refractivity contribution is 7.92. The van der Waals surface area contributed by atoms with E-state index in [1.807, 2.05) is 6.07 Å². The third-order valence-electron chi connectivity index (χ3n) is 4.83. The summed E-state index contributed by atoms with van der Waals surface area (Å²) < 4.78 is 33.7. The van der Waals surface area contributed by atoms with Gasteiger partial charge in [0.2, 0.25) is 0 Å². The molecule has 5 rings (SSSR count). The van der Waals surface area contributed by atoms with E-state index < -0.39 is 10.0 Å². The quantitative estimate of drug-likeness (QED) is 0.706. The molecular formula is C17H16N4O4S. The standard InChI is InChI=1S/C17H16N4O4S/c22-17-18-12-5-4-11(10-13(12)19-17)26(23,24)21-7-6-20-8-9-25-15-3-1-2-14(21)16(15)20/h1-5,10H,6-9H2,(H2,18,19,22). The minimum atomic E-state index is -3.77. The Kier molecular flexibility index (Phi) is 3.11. The maximum absolute atomic E-state index is 13.3. The van der Waals surface area contributed by atoms with Crippen LogP contribution in [0.15, 0.2) is 46.1 Å². The van der Waals surface area contributed by atoms with E-state index in [2.05, 4.69) is 14.9 Å². The lowest BCUT2D eigenvalue weighted by molar-refractivity contribution is 0.307. The molecule has 1 aromatic heterocycles. The number of aromatic nitrogens is 2. The molecule has 2 aliphatic rings. The van der Waals surface area contributed by atoms with Crippen LogP contribution in [0.3, 0.4) is 0 Å². The van der Waals surface area contributed by atoms with E-state index in [1.54, 1.807) is 18.2 Å². The Labute approximate surface area is 149 Å². The number of anilines is 2. The molecule has 134 valence electrons. The van der Waals surface area contributed by atoms with Crippen molar-refractivity contribution in [3.05, 3.63) is 46.9 Å². The van der Waals surface area contributed by atoms with E-state index in [0.29, 0.717) is 42.2 Å². The molecule has 3 heterocycles. The number of imidazole rings is 1. The van der Waals surface area contributed by atoms with Crippen LogP contribution in [0.2, 0.25) is 0 Å². The van der Waals surface area contributed by atoms with Crippen LogP contribution in [0.5, 0.6) is 5.75 Å². The van der Waals surface area contributed by atoms with Gasteiger partial charge in [0.15, 0.2) is 0 Å². The first-order valence-corrected chi connectivity index (χ1v) is 9.73. The first kappa shape index (κ1) is 15.3. The molecule has 9 heteroatoms. The number of para-hydroxylation sites is 1. The molecule has 8 nitrogen and oxygen atoms in total. The number of fused-ring (bicyclic) bond motifs is 1. The number of aromatic amines is 2. The summed E-state index contributed by atoms with van der Waals surface area (Å²) in [6.07, 6.45) is 0. The molecule has 2 N–H and O–H groups in total. The Morgan fingerprint density at radius 1 is 1.00 bits per heavy atom. The fraction of sp³-hybridized carbons (Fsp3) is 0.235. The summed E-state index contributed by atoms with van der Waals surface area (Å²) in [6, 6.07) is 10.1. The number of hydrogen-bond donors (Lipinski definition) is 2.